The Hall–Kier alpha value is -1.73. The van der Waals surface area contributed by atoms with E-state index < -0.39 is 0 Å². The predicted molar refractivity (Wildman–Crippen MR) is 84.0 cm³/mol. The summed E-state index contributed by atoms with van der Waals surface area (Å²) in [5.74, 6) is -0.347. The van der Waals surface area contributed by atoms with Gasteiger partial charge in [0.2, 0.25) is 0 Å². The summed E-state index contributed by atoms with van der Waals surface area (Å²) < 4.78 is 15.3. The molecule has 0 saturated carbocycles. The standard InChI is InChI=1S/C14H16BrFN4O/c1-19(5-4-17)12-7-14(21)20(18-8-12)9-10-6-11(16)2-3-13(10)15/h2-3,6-8H,4-5,9,17H2,1H3. The van der Waals surface area contributed by atoms with Gasteiger partial charge in [-0.3, -0.25) is 4.79 Å². The van der Waals surface area contributed by atoms with Gasteiger partial charge in [-0.2, -0.15) is 5.10 Å². The lowest BCUT2D eigenvalue weighted by atomic mass is 10.2. The molecule has 5 nitrogen and oxygen atoms in total. The molecule has 1 aromatic heterocycles. The van der Waals surface area contributed by atoms with Crippen LogP contribution in [0, 0.1) is 5.82 Å². The van der Waals surface area contributed by atoms with E-state index >= 15 is 0 Å². The minimum absolute atomic E-state index is 0.206. The average molecular weight is 355 g/mol. The molecule has 2 N–H and O–H groups in total. The van der Waals surface area contributed by atoms with Crippen LogP contribution in [0.4, 0.5) is 10.1 Å². The molecule has 0 saturated heterocycles. The molecule has 0 fully saturated rings. The van der Waals surface area contributed by atoms with Gasteiger partial charge in [-0.1, -0.05) is 15.9 Å². The van der Waals surface area contributed by atoms with E-state index in [4.69, 9.17) is 5.73 Å². The van der Waals surface area contributed by atoms with Gasteiger partial charge in [0.25, 0.3) is 5.56 Å². The molecule has 0 spiro atoms. The molecule has 21 heavy (non-hydrogen) atoms. The van der Waals surface area contributed by atoms with Crippen molar-refractivity contribution in [1.82, 2.24) is 9.78 Å². The number of aromatic nitrogens is 2. The molecule has 0 amide bonds. The number of benzene rings is 1. The van der Waals surface area contributed by atoms with Gasteiger partial charge < -0.3 is 10.6 Å². The van der Waals surface area contributed by atoms with Crippen molar-refractivity contribution in [3.05, 3.63) is 56.7 Å². The fourth-order valence-electron chi connectivity index (χ4n) is 1.90. The van der Waals surface area contributed by atoms with E-state index in [1.54, 1.807) is 12.3 Å². The lowest BCUT2D eigenvalue weighted by Crippen LogP contribution is -2.29. The molecule has 7 heteroatoms. The zero-order chi connectivity index (χ0) is 15.4. The number of hydrogen-bond donors (Lipinski definition) is 1. The first kappa shape index (κ1) is 15.7. The summed E-state index contributed by atoms with van der Waals surface area (Å²) in [6.45, 7) is 1.34. The lowest BCUT2D eigenvalue weighted by Gasteiger charge is -2.17. The van der Waals surface area contributed by atoms with Crippen LogP contribution in [0.3, 0.4) is 0 Å². The van der Waals surface area contributed by atoms with Crippen molar-refractivity contribution in [1.29, 1.82) is 0 Å². The number of halogens is 2. The number of anilines is 1. The van der Waals surface area contributed by atoms with Crippen LogP contribution in [0.25, 0.3) is 0 Å². The third-order valence-electron chi connectivity index (χ3n) is 3.09. The van der Waals surface area contributed by atoms with Crippen LogP contribution in [0.1, 0.15) is 5.56 Å². The Bertz CT molecular complexity index is 689. The monoisotopic (exact) mass is 354 g/mol. The maximum Gasteiger partial charge on any atom is 0.269 e. The van der Waals surface area contributed by atoms with Crippen LogP contribution in [0.2, 0.25) is 0 Å². The van der Waals surface area contributed by atoms with E-state index in [1.165, 1.54) is 22.9 Å². The Morgan fingerprint density at radius 1 is 1.43 bits per heavy atom. The molecule has 0 unspecified atom stereocenters. The summed E-state index contributed by atoms with van der Waals surface area (Å²) in [6, 6.07) is 5.84. The van der Waals surface area contributed by atoms with Crippen LogP contribution >= 0.6 is 15.9 Å². The third-order valence-corrected chi connectivity index (χ3v) is 3.86. The van der Waals surface area contributed by atoms with Crippen LogP contribution in [0.15, 0.2) is 39.7 Å². The first-order chi connectivity index (χ1) is 10.0. The van der Waals surface area contributed by atoms with E-state index in [-0.39, 0.29) is 17.9 Å². The molecule has 112 valence electrons. The van der Waals surface area contributed by atoms with Crippen molar-refractivity contribution in [3.8, 4) is 0 Å². The Morgan fingerprint density at radius 2 is 2.19 bits per heavy atom. The molecule has 2 aromatic rings. The highest BCUT2D eigenvalue weighted by Crippen LogP contribution is 2.18. The summed E-state index contributed by atoms with van der Waals surface area (Å²) >= 11 is 3.34. The Morgan fingerprint density at radius 3 is 2.86 bits per heavy atom. The van der Waals surface area contributed by atoms with Crippen LogP contribution < -0.4 is 16.2 Å². The molecule has 0 atom stereocenters. The molecular formula is C14H16BrFN4O. The zero-order valence-corrected chi connectivity index (χ0v) is 13.2. The van der Waals surface area contributed by atoms with Crippen molar-refractivity contribution in [3.63, 3.8) is 0 Å². The van der Waals surface area contributed by atoms with Crippen molar-refractivity contribution >= 4 is 21.6 Å². The third kappa shape index (κ3) is 3.89. The van der Waals surface area contributed by atoms with E-state index in [1.807, 2.05) is 11.9 Å². The molecule has 0 aliphatic carbocycles. The molecule has 2 rings (SSSR count). The number of hydrogen-bond acceptors (Lipinski definition) is 4. The van der Waals surface area contributed by atoms with Crippen molar-refractivity contribution in [2.24, 2.45) is 5.73 Å². The summed E-state index contributed by atoms with van der Waals surface area (Å²) in [5, 5.41) is 4.13. The van der Waals surface area contributed by atoms with E-state index in [9.17, 15) is 9.18 Å². The smallest absolute Gasteiger partial charge is 0.269 e. The Balaban J connectivity index is 2.25. The number of nitrogens with zero attached hydrogens (tertiary/aromatic N) is 3. The molecule has 1 heterocycles. The largest absolute Gasteiger partial charge is 0.372 e. The van der Waals surface area contributed by atoms with Crippen molar-refractivity contribution in [2.45, 2.75) is 6.54 Å². The first-order valence-corrected chi connectivity index (χ1v) is 7.23. The second-order valence-corrected chi connectivity index (χ2v) is 5.51. The SMILES string of the molecule is CN(CCN)c1cnn(Cc2cc(F)ccc2Br)c(=O)c1. The maximum absolute atomic E-state index is 13.3. The summed E-state index contributed by atoms with van der Waals surface area (Å²) in [6.07, 6.45) is 1.60. The predicted octanol–water partition coefficient (Wildman–Crippen LogP) is 1.59. The van der Waals surface area contributed by atoms with Crippen LogP contribution in [-0.4, -0.2) is 29.9 Å². The first-order valence-electron chi connectivity index (χ1n) is 6.43. The topological polar surface area (TPSA) is 64.2 Å². The second kappa shape index (κ2) is 6.82. The van der Waals surface area contributed by atoms with Crippen molar-refractivity contribution in [2.75, 3.05) is 25.0 Å². The summed E-state index contributed by atoms with van der Waals surface area (Å²) in [4.78, 5) is 13.9. The van der Waals surface area contributed by atoms with Gasteiger partial charge in [0.1, 0.15) is 5.82 Å². The van der Waals surface area contributed by atoms with Gasteiger partial charge in [0.05, 0.1) is 18.4 Å². The summed E-state index contributed by atoms with van der Waals surface area (Å²) in [5.41, 5.74) is 6.61. The van der Waals surface area contributed by atoms with E-state index in [0.29, 0.717) is 24.3 Å². The number of rotatable bonds is 5. The van der Waals surface area contributed by atoms with Crippen LogP contribution in [0.5, 0.6) is 0 Å². The van der Waals surface area contributed by atoms with Gasteiger partial charge >= 0.3 is 0 Å². The highest BCUT2D eigenvalue weighted by atomic mass is 79.9. The molecule has 0 aliphatic heterocycles. The van der Waals surface area contributed by atoms with Crippen molar-refractivity contribution < 1.29 is 4.39 Å². The average Bonchev–Trinajstić information content (AvgIpc) is 2.45. The Labute approximate surface area is 130 Å². The van der Waals surface area contributed by atoms with Gasteiger partial charge in [-0.25, -0.2) is 9.07 Å². The second-order valence-electron chi connectivity index (χ2n) is 4.66. The van der Waals surface area contributed by atoms with Gasteiger partial charge in [-0.15, -0.1) is 0 Å². The number of likely N-dealkylation sites (N-methyl/N-ethyl adjacent to an activating group) is 1. The zero-order valence-electron chi connectivity index (χ0n) is 11.6. The molecule has 0 aliphatic rings. The molecule has 0 bridgehead atoms. The van der Waals surface area contributed by atoms with Gasteiger partial charge in [0.15, 0.2) is 0 Å². The molecular weight excluding hydrogens is 339 g/mol. The fraction of sp³-hybridized carbons (Fsp3) is 0.286. The van der Waals surface area contributed by atoms with Crippen LogP contribution in [-0.2, 0) is 6.54 Å². The normalized spacial score (nSPS) is 10.7. The van der Waals surface area contributed by atoms with E-state index in [2.05, 4.69) is 21.0 Å². The quantitative estimate of drug-likeness (QED) is 0.885. The fourth-order valence-corrected chi connectivity index (χ4v) is 2.27. The lowest BCUT2D eigenvalue weighted by molar-refractivity contribution is 0.608. The molecule has 0 radical (unpaired) electrons. The number of nitrogens with two attached hydrogens (primary N) is 1. The minimum Gasteiger partial charge on any atom is -0.372 e. The summed E-state index contributed by atoms with van der Waals surface area (Å²) in [7, 11) is 1.84. The Kier molecular flexibility index (Phi) is 5.08. The minimum atomic E-state index is -0.347. The maximum atomic E-state index is 13.3. The highest BCUT2D eigenvalue weighted by molar-refractivity contribution is 9.10. The van der Waals surface area contributed by atoms with Gasteiger partial charge in [-0.05, 0) is 23.8 Å². The highest BCUT2D eigenvalue weighted by Gasteiger charge is 2.07. The van der Waals surface area contributed by atoms with E-state index in [0.717, 1.165) is 4.47 Å². The van der Waals surface area contributed by atoms with Gasteiger partial charge in [0, 0.05) is 30.7 Å². The molecule has 1 aromatic carbocycles.